The fourth-order valence-corrected chi connectivity index (χ4v) is 11.9. The summed E-state index contributed by atoms with van der Waals surface area (Å²) < 4.78 is 64.8. The molecule has 0 saturated heterocycles. The van der Waals surface area contributed by atoms with E-state index in [-0.39, 0.29) is 4.90 Å². The summed E-state index contributed by atoms with van der Waals surface area (Å²) in [6.45, 7) is 8.99. The summed E-state index contributed by atoms with van der Waals surface area (Å²) in [6.07, 6.45) is 0. The van der Waals surface area contributed by atoms with Crippen LogP contribution < -0.4 is 14.2 Å². The summed E-state index contributed by atoms with van der Waals surface area (Å²) in [5.41, 5.74) is 2.00. The molecule has 7 rings (SSSR count). The lowest BCUT2D eigenvalue weighted by molar-refractivity contribution is 0.110. The molecule has 0 unspecified atom stereocenters. The van der Waals surface area contributed by atoms with Crippen molar-refractivity contribution >= 4 is 42.0 Å². The lowest BCUT2D eigenvalue weighted by Gasteiger charge is -2.39. The zero-order valence-electron chi connectivity index (χ0n) is 33.0. The normalized spacial score (nSPS) is 12.1. The molecule has 0 bridgehead atoms. The van der Waals surface area contributed by atoms with Gasteiger partial charge in [-0.25, -0.2) is 3.63 Å². The van der Waals surface area contributed by atoms with Crippen molar-refractivity contribution < 1.29 is 35.7 Å². The van der Waals surface area contributed by atoms with Gasteiger partial charge in [0.1, 0.15) is 37.1 Å². The van der Waals surface area contributed by atoms with Gasteiger partial charge in [-0.3, -0.25) is 0 Å². The van der Waals surface area contributed by atoms with Gasteiger partial charge >= 0.3 is 10.1 Å². The number of aryl methyl sites for hydroxylation is 1. The van der Waals surface area contributed by atoms with Crippen LogP contribution in [0, 0.1) is 6.92 Å². The van der Waals surface area contributed by atoms with Crippen molar-refractivity contribution in [1.29, 1.82) is 0 Å². The Hall–Kier alpha value is -5.36. The Bertz CT molecular complexity index is 2470. The number of ether oxygens (including phenoxy) is 5. The highest BCUT2D eigenvalue weighted by molar-refractivity contribution is 8.33. The Morgan fingerprint density at radius 1 is 0.466 bits per heavy atom. The third-order valence-corrected chi connectivity index (χ3v) is 14.8. The van der Waals surface area contributed by atoms with Crippen LogP contribution in [0.4, 0.5) is 0 Å². The molecule has 58 heavy (non-hydrogen) atoms. The van der Waals surface area contributed by atoms with E-state index in [2.05, 4.69) is 42.5 Å². The van der Waals surface area contributed by atoms with Crippen molar-refractivity contribution in [3.05, 3.63) is 163 Å². The number of hydrogen-bond donors (Lipinski definition) is 0. The molecule has 0 aliphatic heterocycles. The lowest BCUT2D eigenvalue weighted by Crippen LogP contribution is -2.15. The summed E-state index contributed by atoms with van der Waals surface area (Å²) in [4.78, 5) is 2.02. The fraction of sp³-hybridized carbons (Fsp3) is 0.208. The van der Waals surface area contributed by atoms with Crippen molar-refractivity contribution in [2.45, 2.75) is 47.0 Å². The SMILES string of the molecule is CCOCCOc1ccc(S(OS(=O)(=O)c2ccc(C)cc2)(c2ccc(OCCOCC)cc2)c2ccc(OCc3cc4ccccc4c4ccccc34)cc2)cc1. The predicted molar refractivity (Wildman–Crippen MR) is 231 cm³/mol. The molecule has 300 valence electrons. The van der Waals surface area contributed by atoms with Crippen LogP contribution in [0.2, 0.25) is 0 Å². The van der Waals surface area contributed by atoms with Gasteiger partial charge in [0.25, 0.3) is 0 Å². The van der Waals surface area contributed by atoms with Crippen LogP contribution in [0.25, 0.3) is 21.5 Å². The van der Waals surface area contributed by atoms with Crippen LogP contribution in [0.5, 0.6) is 17.2 Å². The second kappa shape index (κ2) is 18.9. The molecule has 7 aromatic carbocycles. The van der Waals surface area contributed by atoms with Crippen molar-refractivity contribution in [3.63, 3.8) is 0 Å². The Morgan fingerprint density at radius 3 is 1.43 bits per heavy atom. The molecule has 0 atom stereocenters. The second-order valence-electron chi connectivity index (χ2n) is 13.5. The van der Waals surface area contributed by atoms with Crippen LogP contribution in [-0.2, 0) is 29.8 Å². The Kier molecular flexibility index (Phi) is 13.3. The first-order valence-electron chi connectivity index (χ1n) is 19.4. The van der Waals surface area contributed by atoms with E-state index >= 15 is 0 Å². The second-order valence-corrected chi connectivity index (χ2v) is 17.9. The van der Waals surface area contributed by atoms with Crippen LogP contribution in [-0.4, -0.2) is 48.1 Å². The Balaban J connectivity index is 1.29. The van der Waals surface area contributed by atoms with E-state index in [9.17, 15) is 8.42 Å². The average molecular weight is 817 g/mol. The van der Waals surface area contributed by atoms with Gasteiger partial charge in [-0.15, -0.1) is 0 Å². The van der Waals surface area contributed by atoms with Gasteiger partial charge in [0.05, 0.1) is 18.1 Å². The molecule has 0 aromatic heterocycles. The smallest absolute Gasteiger partial charge is 0.307 e. The molecule has 10 heteroatoms. The molecule has 7 aromatic rings. The first-order chi connectivity index (χ1) is 28.3. The molecular weight excluding hydrogens is 769 g/mol. The molecule has 0 spiro atoms. The summed E-state index contributed by atoms with van der Waals surface area (Å²) in [5.74, 6) is 1.88. The van der Waals surface area contributed by atoms with Gasteiger partial charge in [-0.1, -0.05) is 66.2 Å². The molecule has 0 N–H and O–H groups in total. The van der Waals surface area contributed by atoms with Gasteiger partial charge in [0, 0.05) is 27.9 Å². The third kappa shape index (κ3) is 9.33. The van der Waals surface area contributed by atoms with Crippen LogP contribution >= 0.6 is 10.3 Å². The van der Waals surface area contributed by atoms with E-state index in [1.807, 2.05) is 106 Å². The maximum absolute atomic E-state index is 14.4. The largest absolute Gasteiger partial charge is 0.491 e. The van der Waals surface area contributed by atoms with Crippen LogP contribution in [0.15, 0.2) is 171 Å². The van der Waals surface area contributed by atoms with Gasteiger partial charge < -0.3 is 23.7 Å². The summed E-state index contributed by atoms with van der Waals surface area (Å²) >= 11 is 0. The number of benzene rings is 7. The van der Waals surface area contributed by atoms with Gasteiger partial charge in [0.2, 0.25) is 0 Å². The standard InChI is InChI=1S/C48H48O8S2/c1-4-51-30-32-53-39-16-24-42(25-17-39)57(56-58(49,50)45-22-14-36(3)15-23-45,43-26-18-40(19-27-43)54-33-31-52-5-2)44-28-20-41(21-29-44)55-35-38-34-37-10-6-7-11-46(37)48-13-9-8-12-47(38)48/h6-29,34H,4-5,30-33,35H2,1-3H3. The molecule has 0 radical (unpaired) electrons. The van der Waals surface area contributed by atoms with Crippen LogP contribution in [0.1, 0.15) is 25.0 Å². The van der Waals surface area contributed by atoms with E-state index in [0.717, 1.165) is 21.9 Å². The van der Waals surface area contributed by atoms with E-state index in [1.54, 1.807) is 24.3 Å². The quantitative estimate of drug-likeness (QED) is 0.0589. The highest BCUT2D eigenvalue weighted by Crippen LogP contribution is 2.70. The minimum Gasteiger partial charge on any atom is -0.491 e. The van der Waals surface area contributed by atoms with E-state index in [1.165, 1.54) is 10.8 Å². The van der Waals surface area contributed by atoms with Gasteiger partial charge in [-0.05, 0) is 149 Å². The fourth-order valence-electron chi connectivity index (χ4n) is 6.72. The van der Waals surface area contributed by atoms with Crippen LogP contribution in [0.3, 0.4) is 0 Å². The molecule has 8 nitrogen and oxygen atoms in total. The maximum Gasteiger partial charge on any atom is 0.307 e. The number of rotatable bonds is 19. The highest BCUT2D eigenvalue weighted by atomic mass is 32.3. The van der Waals surface area contributed by atoms with Gasteiger partial charge in [0.15, 0.2) is 0 Å². The zero-order chi connectivity index (χ0) is 40.4. The molecule has 0 amide bonds. The topological polar surface area (TPSA) is 89.5 Å². The summed E-state index contributed by atoms with van der Waals surface area (Å²) in [6, 6.07) is 48.0. The minimum absolute atomic E-state index is 0.0595. The van der Waals surface area contributed by atoms with Crippen molar-refractivity contribution in [1.82, 2.24) is 0 Å². The average Bonchev–Trinajstić information content (AvgIpc) is 3.26. The lowest BCUT2D eigenvalue weighted by atomic mass is 9.98. The highest BCUT2D eigenvalue weighted by Gasteiger charge is 2.38. The van der Waals surface area contributed by atoms with Crippen molar-refractivity contribution in [2.75, 3.05) is 39.6 Å². The van der Waals surface area contributed by atoms with E-state index in [0.29, 0.717) is 78.2 Å². The number of fused-ring (bicyclic) bond motifs is 3. The molecule has 0 fully saturated rings. The summed E-state index contributed by atoms with van der Waals surface area (Å²) in [7, 11) is -7.31. The zero-order valence-corrected chi connectivity index (χ0v) is 34.6. The van der Waals surface area contributed by atoms with E-state index < -0.39 is 20.4 Å². The van der Waals surface area contributed by atoms with E-state index in [4.69, 9.17) is 27.3 Å². The predicted octanol–water partition coefficient (Wildman–Crippen LogP) is 11.3. The monoisotopic (exact) mass is 816 g/mol. The molecule has 0 saturated carbocycles. The van der Waals surface area contributed by atoms with Crippen molar-refractivity contribution in [2.24, 2.45) is 0 Å². The molecular formula is C48H48O8S2. The number of hydrogen-bond acceptors (Lipinski definition) is 8. The van der Waals surface area contributed by atoms with Gasteiger partial charge in [-0.2, -0.15) is 8.42 Å². The summed E-state index contributed by atoms with van der Waals surface area (Å²) in [5, 5.41) is 4.64. The Labute approximate surface area is 342 Å². The molecule has 0 aliphatic carbocycles. The first-order valence-corrected chi connectivity index (χ1v) is 22.4. The third-order valence-electron chi connectivity index (χ3n) is 9.62. The minimum atomic E-state index is -4.33. The Morgan fingerprint density at radius 2 is 0.914 bits per heavy atom. The molecule has 0 heterocycles. The molecule has 0 aliphatic rings. The first kappa shape index (κ1) is 40.8. The van der Waals surface area contributed by atoms with Crippen molar-refractivity contribution in [3.8, 4) is 17.2 Å². The maximum atomic E-state index is 14.4.